The number of carbonyl (C=O) groups excluding carboxylic acids is 1. The number of piperazine rings is 1. The molecule has 0 radical (unpaired) electrons. The lowest BCUT2D eigenvalue weighted by molar-refractivity contribution is 0.0637. The first kappa shape index (κ1) is 16.7. The monoisotopic (exact) mass is 305 g/mol. The van der Waals surface area contributed by atoms with E-state index in [-0.39, 0.29) is 5.91 Å². The summed E-state index contributed by atoms with van der Waals surface area (Å²) in [6, 6.07) is 1.70. The van der Waals surface area contributed by atoms with Gasteiger partial charge in [0.25, 0.3) is 5.91 Å². The zero-order valence-electron chi connectivity index (χ0n) is 13.7. The van der Waals surface area contributed by atoms with E-state index in [1.807, 2.05) is 4.90 Å². The molecule has 1 aromatic heterocycles. The quantitative estimate of drug-likeness (QED) is 0.779. The van der Waals surface area contributed by atoms with Gasteiger partial charge in [-0.2, -0.15) is 0 Å². The van der Waals surface area contributed by atoms with E-state index in [1.54, 1.807) is 12.3 Å². The van der Waals surface area contributed by atoms with Crippen LogP contribution in [0.2, 0.25) is 0 Å². The van der Waals surface area contributed by atoms with Crippen LogP contribution in [0.25, 0.3) is 0 Å². The summed E-state index contributed by atoms with van der Waals surface area (Å²) in [6.45, 7) is 9.64. The number of likely N-dealkylation sites (N-methyl/N-ethyl adjacent to an activating group) is 1. The third-order valence-corrected chi connectivity index (χ3v) is 4.04. The molecule has 0 saturated carbocycles. The van der Waals surface area contributed by atoms with Crippen LogP contribution in [0.4, 0.5) is 5.95 Å². The number of anilines is 1. The second-order valence-corrected chi connectivity index (χ2v) is 5.63. The van der Waals surface area contributed by atoms with Gasteiger partial charge in [0, 0.05) is 38.9 Å². The van der Waals surface area contributed by atoms with E-state index in [0.29, 0.717) is 11.6 Å². The number of hydrogen-bond donors (Lipinski definition) is 1. The van der Waals surface area contributed by atoms with Crippen LogP contribution in [0.1, 0.15) is 43.6 Å². The summed E-state index contributed by atoms with van der Waals surface area (Å²) in [4.78, 5) is 25.3. The number of nitrogens with zero attached hydrogens (tertiary/aromatic N) is 4. The third kappa shape index (κ3) is 4.66. The first-order chi connectivity index (χ1) is 10.7. The summed E-state index contributed by atoms with van der Waals surface area (Å²) in [5.74, 6) is 0.559. The molecule has 1 aromatic rings. The Labute approximate surface area is 132 Å². The minimum Gasteiger partial charge on any atom is -0.354 e. The second kappa shape index (κ2) is 8.68. The molecule has 22 heavy (non-hydrogen) atoms. The van der Waals surface area contributed by atoms with Crippen molar-refractivity contribution in [3.8, 4) is 0 Å². The van der Waals surface area contributed by atoms with Crippen LogP contribution >= 0.6 is 0 Å². The number of carbonyl (C=O) groups is 1. The number of nitrogens with one attached hydrogen (secondary N) is 1. The molecule has 0 unspecified atom stereocenters. The lowest BCUT2D eigenvalue weighted by Crippen LogP contribution is -2.48. The summed E-state index contributed by atoms with van der Waals surface area (Å²) in [6.07, 6.45) is 5.12. The zero-order valence-corrected chi connectivity index (χ0v) is 13.7. The van der Waals surface area contributed by atoms with Crippen molar-refractivity contribution in [2.75, 3.05) is 44.6 Å². The largest absolute Gasteiger partial charge is 0.354 e. The van der Waals surface area contributed by atoms with Gasteiger partial charge in [-0.3, -0.25) is 4.79 Å². The molecule has 2 rings (SSSR count). The van der Waals surface area contributed by atoms with Gasteiger partial charge in [-0.25, -0.2) is 9.97 Å². The molecule has 1 aliphatic rings. The Morgan fingerprint density at radius 3 is 2.68 bits per heavy atom. The molecule has 6 heteroatoms. The first-order valence-corrected chi connectivity index (χ1v) is 8.33. The molecule has 1 fully saturated rings. The predicted molar refractivity (Wildman–Crippen MR) is 88.1 cm³/mol. The van der Waals surface area contributed by atoms with Crippen LogP contribution in [0.5, 0.6) is 0 Å². The summed E-state index contributed by atoms with van der Waals surface area (Å²) in [5.41, 5.74) is 0.484. The fourth-order valence-corrected chi connectivity index (χ4v) is 2.57. The highest BCUT2D eigenvalue weighted by Crippen LogP contribution is 2.08. The van der Waals surface area contributed by atoms with Gasteiger partial charge in [-0.05, 0) is 19.0 Å². The molecular formula is C16H27N5O. The van der Waals surface area contributed by atoms with Crippen LogP contribution < -0.4 is 5.32 Å². The maximum atomic E-state index is 12.5. The molecule has 0 spiro atoms. The van der Waals surface area contributed by atoms with Crippen molar-refractivity contribution < 1.29 is 4.79 Å². The molecule has 1 amide bonds. The highest BCUT2D eigenvalue weighted by molar-refractivity contribution is 5.92. The maximum Gasteiger partial charge on any atom is 0.272 e. The standard InChI is InChI=1S/C16H27N5O/c1-3-5-6-8-17-16-18-9-7-14(19-16)15(22)21-12-10-20(4-2)11-13-21/h7,9H,3-6,8,10-13H2,1-2H3,(H,17,18,19). The zero-order chi connectivity index (χ0) is 15.8. The van der Waals surface area contributed by atoms with Crippen molar-refractivity contribution in [1.29, 1.82) is 0 Å². The molecular weight excluding hydrogens is 278 g/mol. The van der Waals surface area contributed by atoms with E-state index >= 15 is 0 Å². The second-order valence-electron chi connectivity index (χ2n) is 5.63. The van der Waals surface area contributed by atoms with Crippen LogP contribution in [0.3, 0.4) is 0 Å². The van der Waals surface area contributed by atoms with Gasteiger partial charge in [0.15, 0.2) is 0 Å². The molecule has 1 saturated heterocycles. The van der Waals surface area contributed by atoms with E-state index in [2.05, 4.69) is 34.0 Å². The average Bonchev–Trinajstić information content (AvgIpc) is 2.58. The number of unbranched alkanes of at least 4 members (excludes halogenated alkanes) is 2. The first-order valence-electron chi connectivity index (χ1n) is 8.33. The van der Waals surface area contributed by atoms with Crippen molar-refractivity contribution in [3.05, 3.63) is 18.0 Å². The lowest BCUT2D eigenvalue weighted by Gasteiger charge is -2.33. The molecule has 1 aliphatic heterocycles. The predicted octanol–water partition coefficient (Wildman–Crippen LogP) is 1.86. The Morgan fingerprint density at radius 2 is 2.00 bits per heavy atom. The summed E-state index contributed by atoms with van der Waals surface area (Å²) >= 11 is 0. The number of aromatic nitrogens is 2. The SMILES string of the molecule is CCCCCNc1nccc(C(=O)N2CCN(CC)CC2)n1. The third-order valence-electron chi connectivity index (χ3n) is 4.04. The van der Waals surface area contributed by atoms with Crippen LogP contribution in [-0.4, -0.2) is 64.9 Å². The molecule has 0 atom stereocenters. The number of rotatable bonds is 7. The topological polar surface area (TPSA) is 61.4 Å². The van der Waals surface area contributed by atoms with Gasteiger partial charge in [0.05, 0.1) is 0 Å². The van der Waals surface area contributed by atoms with Gasteiger partial charge >= 0.3 is 0 Å². The molecule has 0 bridgehead atoms. The van der Waals surface area contributed by atoms with Crippen LogP contribution in [0.15, 0.2) is 12.3 Å². The lowest BCUT2D eigenvalue weighted by atomic mass is 10.2. The number of amides is 1. The molecule has 2 heterocycles. The van der Waals surface area contributed by atoms with Crippen molar-refractivity contribution in [1.82, 2.24) is 19.8 Å². The average molecular weight is 305 g/mol. The van der Waals surface area contributed by atoms with E-state index in [0.717, 1.165) is 45.7 Å². The molecule has 1 N–H and O–H groups in total. The number of hydrogen-bond acceptors (Lipinski definition) is 5. The van der Waals surface area contributed by atoms with Crippen molar-refractivity contribution >= 4 is 11.9 Å². The minimum atomic E-state index is 0.00904. The van der Waals surface area contributed by atoms with E-state index in [9.17, 15) is 4.79 Å². The maximum absolute atomic E-state index is 12.5. The summed E-state index contributed by atoms with van der Waals surface area (Å²) in [5, 5.41) is 3.19. The molecule has 0 aromatic carbocycles. The van der Waals surface area contributed by atoms with Gasteiger partial charge in [-0.1, -0.05) is 26.7 Å². The Hall–Kier alpha value is -1.69. The smallest absolute Gasteiger partial charge is 0.272 e. The van der Waals surface area contributed by atoms with E-state index in [1.165, 1.54) is 12.8 Å². The van der Waals surface area contributed by atoms with Gasteiger partial charge < -0.3 is 15.1 Å². The minimum absolute atomic E-state index is 0.00904. The molecule has 6 nitrogen and oxygen atoms in total. The van der Waals surface area contributed by atoms with Gasteiger partial charge in [0.1, 0.15) is 5.69 Å². The summed E-state index contributed by atoms with van der Waals surface area (Å²) < 4.78 is 0. The Bertz CT molecular complexity index is 471. The molecule has 122 valence electrons. The highest BCUT2D eigenvalue weighted by atomic mass is 16.2. The Balaban J connectivity index is 1.90. The Kier molecular flexibility index (Phi) is 6.58. The fraction of sp³-hybridized carbons (Fsp3) is 0.688. The fourth-order valence-electron chi connectivity index (χ4n) is 2.57. The summed E-state index contributed by atoms with van der Waals surface area (Å²) in [7, 11) is 0. The van der Waals surface area contributed by atoms with E-state index < -0.39 is 0 Å². The van der Waals surface area contributed by atoms with E-state index in [4.69, 9.17) is 0 Å². The van der Waals surface area contributed by atoms with Crippen LogP contribution in [-0.2, 0) is 0 Å². The highest BCUT2D eigenvalue weighted by Gasteiger charge is 2.22. The van der Waals surface area contributed by atoms with Crippen molar-refractivity contribution in [2.45, 2.75) is 33.1 Å². The van der Waals surface area contributed by atoms with Crippen LogP contribution in [0, 0.1) is 0 Å². The Morgan fingerprint density at radius 1 is 1.23 bits per heavy atom. The van der Waals surface area contributed by atoms with Gasteiger partial charge in [0.2, 0.25) is 5.95 Å². The molecule has 0 aliphatic carbocycles. The van der Waals surface area contributed by atoms with Gasteiger partial charge in [-0.15, -0.1) is 0 Å². The normalized spacial score (nSPS) is 15.8. The van der Waals surface area contributed by atoms with Crippen molar-refractivity contribution in [2.24, 2.45) is 0 Å². The van der Waals surface area contributed by atoms with Crippen molar-refractivity contribution in [3.63, 3.8) is 0 Å².